The average molecular weight is 386 g/mol. The number of nitriles is 1. The van der Waals surface area contributed by atoms with Gasteiger partial charge in [-0.25, -0.2) is 9.97 Å². The van der Waals surface area contributed by atoms with Crippen molar-refractivity contribution in [1.82, 2.24) is 14.9 Å². The van der Waals surface area contributed by atoms with Crippen molar-refractivity contribution in [2.24, 2.45) is 0 Å². The van der Waals surface area contributed by atoms with Crippen LogP contribution in [-0.4, -0.2) is 42.1 Å². The lowest BCUT2D eigenvalue weighted by Crippen LogP contribution is -2.31. The molecule has 1 saturated heterocycles. The third kappa shape index (κ3) is 3.68. The molecule has 5 nitrogen and oxygen atoms in total. The second kappa shape index (κ2) is 7.81. The van der Waals surface area contributed by atoms with Crippen molar-refractivity contribution in [2.45, 2.75) is 32.6 Å². The molecule has 1 aromatic carbocycles. The van der Waals surface area contributed by atoms with Gasteiger partial charge < -0.3 is 9.64 Å². The molecular formula is C24H26N4O. The van der Waals surface area contributed by atoms with E-state index in [2.05, 4.69) is 30.1 Å². The zero-order chi connectivity index (χ0) is 20.5. The standard InChI is InChI=1S/C24H26N4O/c1-15-10-16(2)23(22(11-15)29-4)21-12-18(13-25)19-7-8-20(26-24(19)27-21)17-6-5-9-28(3)14-17/h7-8,10-12,17H,5-6,9,14H2,1-4H3. The Hall–Kier alpha value is -2.97. The molecule has 0 radical (unpaired) electrons. The van der Waals surface area contributed by atoms with Gasteiger partial charge in [0.25, 0.3) is 0 Å². The van der Waals surface area contributed by atoms with Gasteiger partial charge in [0.15, 0.2) is 5.65 Å². The number of aromatic nitrogens is 2. The maximum absolute atomic E-state index is 9.76. The molecule has 29 heavy (non-hydrogen) atoms. The summed E-state index contributed by atoms with van der Waals surface area (Å²) in [6.45, 7) is 6.24. The highest BCUT2D eigenvalue weighted by Gasteiger charge is 2.21. The number of likely N-dealkylation sites (N-methyl/N-ethyl adjacent to an activating group) is 1. The van der Waals surface area contributed by atoms with E-state index in [1.807, 2.05) is 32.0 Å². The first-order valence-electron chi connectivity index (χ1n) is 10.1. The van der Waals surface area contributed by atoms with E-state index in [0.717, 1.165) is 58.7 Å². The molecule has 1 aliphatic rings. The minimum Gasteiger partial charge on any atom is -0.496 e. The molecule has 1 aliphatic heterocycles. The fourth-order valence-electron chi connectivity index (χ4n) is 4.39. The van der Waals surface area contributed by atoms with Gasteiger partial charge in [-0.3, -0.25) is 0 Å². The third-order valence-electron chi connectivity index (χ3n) is 5.78. The molecule has 1 atom stereocenters. The van der Waals surface area contributed by atoms with E-state index in [9.17, 15) is 5.26 Å². The molecule has 3 aromatic rings. The van der Waals surface area contributed by atoms with Crippen LogP contribution >= 0.6 is 0 Å². The van der Waals surface area contributed by atoms with Crippen molar-refractivity contribution in [3.8, 4) is 23.1 Å². The lowest BCUT2D eigenvalue weighted by Gasteiger charge is -2.29. The maximum atomic E-state index is 9.76. The van der Waals surface area contributed by atoms with Gasteiger partial charge in [-0.2, -0.15) is 5.26 Å². The Labute approximate surface area is 172 Å². The van der Waals surface area contributed by atoms with Gasteiger partial charge in [-0.05, 0) is 75.7 Å². The molecule has 0 N–H and O–H groups in total. The summed E-state index contributed by atoms with van der Waals surface area (Å²) in [5.74, 6) is 1.17. The van der Waals surface area contributed by atoms with Gasteiger partial charge in [0.1, 0.15) is 5.75 Å². The first-order valence-corrected chi connectivity index (χ1v) is 10.1. The van der Waals surface area contributed by atoms with Gasteiger partial charge in [0, 0.05) is 29.1 Å². The number of hydrogen-bond acceptors (Lipinski definition) is 5. The SMILES string of the molecule is COc1cc(C)cc(C)c1-c1cc(C#N)c2ccc(C3CCCN(C)C3)nc2n1. The van der Waals surface area contributed by atoms with Crippen molar-refractivity contribution >= 4 is 11.0 Å². The number of benzene rings is 1. The molecule has 2 aromatic heterocycles. The topological polar surface area (TPSA) is 62.0 Å². The van der Waals surface area contributed by atoms with E-state index in [0.29, 0.717) is 17.1 Å². The van der Waals surface area contributed by atoms with E-state index in [1.165, 1.54) is 6.42 Å². The fourth-order valence-corrected chi connectivity index (χ4v) is 4.39. The quantitative estimate of drug-likeness (QED) is 0.658. The Morgan fingerprint density at radius 3 is 2.72 bits per heavy atom. The van der Waals surface area contributed by atoms with Crippen molar-refractivity contribution in [2.75, 3.05) is 27.2 Å². The van der Waals surface area contributed by atoms with Crippen molar-refractivity contribution in [3.63, 3.8) is 0 Å². The van der Waals surface area contributed by atoms with Crippen LogP contribution in [0, 0.1) is 25.2 Å². The summed E-state index contributed by atoms with van der Waals surface area (Å²) in [4.78, 5) is 12.1. The lowest BCUT2D eigenvalue weighted by molar-refractivity contribution is 0.248. The summed E-state index contributed by atoms with van der Waals surface area (Å²) in [5, 5.41) is 10.6. The van der Waals surface area contributed by atoms with Crippen molar-refractivity contribution in [1.29, 1.82) is 5.26 Å². The number of likely N-dealkylation sites (tertiary alicyclic amines) is 1. The molecule has 0 spiro atoms. The van der Waals surface area contributed by atoms with Crippen molar-refractivity contribution < 1.29 is 4.74 Å². The highest BCUT2D eigenvalue weighted by Crippen LogP contribution is 2.35. The van der Waals surface area contributed by atoms with Crippen LogP contribution in [0.25, 0.3) is 22.3 Å². The highest BCUT2D eigenvalue weighted by atomic mass is 16.5. The predicted octanol–water partition coefficient (Wildman–Crippen LogP) is 4.60. The van der Waals surface area contributed by atoms with Gasteiger partial charge in [-0.1, -0.05) is 6.07 Å². The normalized spacial score (nSPS) is 17.3. The number of rotatable bonds is 3. The van der Waals surface area contributed by atoms with Gasteiger partial charge in [0.2, 0.25) is 0 Å². The van der Waals surface area contributed by atoms with E-state index < -0.39 is 0 Å². The predicted molar refractivity (Wildman–Crippen MR) is 115 cm³/mol. The van der Waals surface area contributed by atoms with Crippen LogP contribution in [0.5, 0.6) is 5.75 Å². The van der Waals surface area contributed by atoms with Crippen LogP contribution in [0.3, 0.4) is 0 Å². The number of pyridine rings is 2. The minimum absolute atomic E-state index is 0.407. The van der Waals surface area contributed by atoms with E-state index >= 15 is 0 Å². The van der Waals surface area contributed by atoms with Crippen molar-refractivity contribution in [3.05, 3.63) is 52.7 Å². The number of fused-ring (bicyclic) bond motifs is 1. The number of aryl methyl sites for hydroxylation is 2. The largest absolute Gasteiger partial charge is 0.496 e. The smallest absolute Gasteiger partial charge is 0.161 e. The second-order valence-electron chi connectivity index (χ2n) is 8.03. The van der Waals surface area contributed by atoms with Crippen LogP contribution in [-0.2, 0) is 0 Å². The fraction of sp³-hybridized carbons (Fsp3) is 0.375. The molecule has 1 fully saturated rings. The molecule has 1 unspecified atom stereocenters. The minimum atomic E-state index is 0.407. The summed E-state index contributed by atoms with van der Waals surface area (Å²) < 4.78 is 5.63. The molecule has 5 heteroatoms. The van der Waals surface area contributed by atoms with Gasteiger partial charge in [-0.15, -0.1) is 0 Å². The summed E-state index contributed by atoms with van der Waals surface area (Å²) in [7, 11) is 3.82. The highest BCUT2D eigenvalue weighted by molar-refractivity contribution is 5.86. The molecule has 148 valence electrons. The Morgan fingerprint density at radius 1 is 1.17 bits per heavy atom. The van der Waals surface area contributed by atoms with E-state index in [4.69, 9.17) is 14.7 Å². The summed E-state index contributed by atoms with van der Waals surface area (Å²) in [6.07, 6.45) is 2.32. The number of ether oxygens (including phenoxy) is 1. The Bertz CT molecular complexity index is 1120. The van der Waals surface area contributed by atoms with Crippen LogP contribution in [0.15, 0.2) is 30.3 Å². The van der Waals surface area contributed by atoms with Crippen LogP contribution in [0.1, 0.15) is 41.1 Å². The molecule has 0 amide bonds. The van der Waals surface area contributed by atoms with Crippen LogP contribution in [0.2, 0.25) is 0 Å². The molecular weight excluding hydrogens is 360 g/mol. The molecule has 4 rings (SSSR count). The van der Waals surface area contributed by atoms with Crippen LogP contribution < -0.4 is 4.74 Å². The number of nitrogens with zero attached hydrogens (tertiary/aromatic N) is 4. The Kier molecular flexibility index (Phi) is 5.21. The molecule has 0 bridgehead atoms. The first-order chi connectivity index (χ1) is 14.0. The summed E-state index contributed by atoms with van der Waals surface area (Å²) >= 11 is 0. The third-order valence-corrected chi connectivity index (χ3v) is 5.78. The van der Waals surface area contributed by atoms with E-state index in [-0.39, 0.29) is 0 Å². The lowest BCUT2D eigenvalue weighted by atomic mass is 9.94. The summed E-state index contributed by atoms with van der Waals surface area (Å²) in [5.41, 5.74) is 6.13. The number of methoxy groups -OCH3 is 1. The van der Waals surface area contributed by atoms with Gasteiger partial charge in [0.05, 0.1) is 24.4 Å². The molecule has 0 aliphatic carbocycles. The number of piperidine rings is 1. The Balaban J connectivity index is 1.88. The number of hydrogen-bond donors (Lipinski definition) is 0. The molecule has 3 heterocycles. The van der Waals surface area contributed by atoms with Crippen LogP contribution in [0.4, 0.5) is 0 Å². The Morgan fingerprint density at radius 2 is 2.00 bits per heavy atom. The second-order valence-corrected chi connectivity index (χ2v) is 8.03. The maximum Gasteiger partial charge on any atom is 0.161 e. The monoisotopic (exact) mass is 386 g/mol. The zero-order valence-electron chi connectivity index (χ0n) is 17.5. The average Bonchev–Trinajstić information content (AvgIpc) is 2.71. The van der Waals surface area contributed by atoms with Gasteiger partial charge >= 0.3 is 0 Å². The van der Waals surface area contributed by atoms with E-state index in [1.54, 1.807) is 7.11 Å². The zero-order valence-corrected chi connectivity index (χ0v) is 17.5. The molecule has 0 saturated carbocycles. The first kappa shape index (κ1) is 19.4. The summed E-state index contributed by atoms with van der Waals surface area (Å²) in [6, 6.07) is 12.3.